The number of amides is 1. The molecule has 0 heterocycles. The van der Waals surface area contributed by atoms with E-state index in [1.165, 1.54) is 11.1 Å². The van der Waals surface area contributed by atoms with E-state index in [1.54, 1.807) is 0 Å². The van der Waals surface area contributed by atoms with E-state index in [4.69, 9.17) is 4.74 Å². The molecule has 4 heteroatoms. The first-order valence-corrected chi connectivity index (χ1v) is 7.06. The minimum atomic E-state index is -0.443. The van der Waals surface area contributed by atoms with Crippen LogP contribution in [0.4, 0.5) is 10.5 Å². The molecule has 1 aromatic carbocycles. The lowest BCUT2D eigenvalue weighted by Gasteiger charge is -2.19. The molecule has 20 heavy (non-hydrogen) atoms. The summed E-state index contributed by atoms with van der Waals surface area (Å²) in [7, 11) is 0. The van der Waals surface area contributed by atoms with Gasteiger partial charge in [0.25, 0.3) is 0 Å². The maximum absolute atomic E-state index is 11.4. The van der Waals surface area contributed by atoms with Gasteiger partial charge in [0.05, 0.1) is 0 Å². The van der Waals surface area contributed by atoms with Gasteiger partial charge in [-0.15, -0.1) is 0 Å². The zero-order chi connectivity index (χ0) is 15.2. The van der Waals surface area contributed by atoms with Crippen molar-refractivity contribution < 1.29 is 9.53 Å². The van der Waals surface area contributed by atoms with E-state index < -0.39 is 5.60 Å². The van der Waals surface area contributed by atoms with Crippen molar-refractivity contribution in [2.45, 2.75) is 46.6 Å². The fourth-order valence-electron chi connectivity index (χ4n) is 1.83. The lowest BCUT2D eigenvalue weighted by atomic mass is 10.1. The molecule has 1 amide bonds. The molecule has 0 radical (unpaired) electrons. The molecule has 0 aliphatic rings. The number of anilines is 1. The molecule has 1 aromatic rings. The Balaban J connectivity index is 2.21. The summed E-state index contributed by atoms with van der Waals surface area (Å²) in [6, 6.07) is 6.33. The van der Waals surface area contributed by atoms with Gasteiger partial charge in [-0.25, -0.2) is 4.79 Å². The monoisotopic (exact) mass is 278 g/mol. The van der Waals surface area contributed by atoms with E-state index >= 15 is 0 Å². The number of carbonyl (C=O) groups excluding carboxylic acids is 1. The number of carbonyl (C=O) groups is 1. The second-order valence-electron chi connectivity index (χ2n) is 6.03. The zero-order valence-electron chi connectivity index (χ0n) is 13.2. The number of alkyl carbamates (subject to hydrolysis) is 1. The predicted molar refractivity (Wildman–Crippen MR) is 83.3 cm³/mol. The summed E-state index contributed by atoms with van der Waals surface area (Å²) in [6.07, 6.45) is 0.496. The van der Waals surface area contributed by atoms with Crippen LogP contribution < -0.4 is 10.6 Å². The van der Waals surface area contributed by atoms with Gasteiger partial charge in [-0.1, -0.05) is 17.7 Å². The number of ether oxygens (including phenoxy) is 1. The minimum Gasteiger partial charge on any atom is -0.444 e. The molecular formula is C16H26N2O2. The standard InChI is InChI=1S/C16H26N2O2/c1-12-7-8-14(13(2)11-12)17-9-6-10-18-15(19)20-16(3,4)5/h7-8,11,17H,6,9-10H2,1-5H3,(H,18,19). The maximum atomic E-state index is 11.4. The quantitative estimate of drug-likeness (QED) is 0.809. The van der Waals surface area contributed by atoms with Crippen LogP contribution in [-0.2, 0) is 4.74 Å². The Kier molecular flexibility index (Phi) is 5.86. The summed E-state index contributed by atoms with van der Waals surface area (Å²) in [4.78, 5) is 11.4. The lowest BCUT2D eigenvalue weighted by molar-refractivity contribution is 0.0528. The van der Waals surface area contributed by atoms with Gasteiger partial charge in [-0.3, -0.25) is 0 Å². The van der Waals surface area contributed by atoms with Crippen LogP contribution in [0.1, 0.15) is 38.3 Å². The van der Waals surface area contributed by atoms with Crippen molar-refractivity contribution in [2.75, 3.05) is 18.4 Å². The Morgan fingerprint density at radius 3 is 2.50 bits per heavy atom. The van der Waals surface area contributed by atoms with Crippen LogP contribution in [0.15, 0.2) is 18.2 Å². The summed E-state index contributed by atoms with van der Waals surface area (Å²) < 4.78 is 5.16. The van der Waals surface area contributed by atoms with E-state index in [2.05, 4.69) is 42.7 Å². The molecule has 0 unspecified atom stereocenters. The fraction of sp³-hybridized carbons (Fsp3) is 0.562. The van der Waals surface area contributed by atoms with Gasteiger partial charge in [0.1, 0.15) is 5.60 Å². The Morgan fingerprint density at radius 1 is 1.20 bits per heavy atom. The van der Waals surface area contributed by atoms with Gasteiger partial charge in [0.15, 0.2) is 0 Å². The van der Waals surface area contributed by atoms with Crippen molar-refractivity contribution in [2.24, 2.45) is 0 Å². The molecule has 112 valence electrons. The van der Waals surface area contributed by atoms with Crippen LogP contribution in [0.25, 0.3) is 0 Å². The van der Waals surface area contributed by atoms with E-state index in [-0.39, 0.29) is 6.09 Å². The van der Waals surface area contributed by atoms with E-state index in [0.29, 0.717) is 6.54 Å². The van der Waals surface area contributed by atoms with E-state index in [1.807, 2.05) is 20.8 Å². The molecule has 4 nitrogen and oxygen atoms in total. The van der Waals surface area contributed by atoms with E-state index in [9.17, 15) is 4.79 Å². The van der Waals surface area contributed by atoms with Crippen molar-refractivity contribution in [3.8, 4) is 0 Å². The van der Waals surface area contributed by atoms with Crippen molar-refractivity contribution in [1.82, 2.24) is 5.32 Å². The van der Waals surface area contributed by atoms with Gasteiger partial charge >= 0.3 is 6.09 Å². The second-order valence-corrected chi connectivity index (χ2v) is 6.03. The summed E-state index contributed by atoms with van der Waals surface area (Å²) in [5.41, 5.74) is 3.21. The summed E-state index contributed by atoms with van der Waals surface area (Å²) in [5.74, 6) is 0. The third kappa shape index (κ3) is 6.45. The first-order chi connectivity index (χ1) is 9.28. The van der Waals surface area contributed by atoms with Crippen LogP contribution in [0.5, 0.6) is 0 Å². The third-order valence-corrected chi connectivity index (χ3v) is 2.72. The number of hydrogen-bond acceptors (Lipinski definition) is 3. The van der Waals surface area contributed by atoms with Crippen LogP contribution in [0.2, 0.25) is 0 Å². The molecule has 0 atom stereocenters. The topological polar surface area (TPSA) is 50.4 Å². The highest BCUT2D eigenvalue weighted by molar-refractivity contribution is 5.67. The van der Waals surface area contributed by atoms with Crippen LogP contribution in [0.3, 0.4) is 0 Å². The first-order valence-electron chi connectivity index (χ1n) is 7.06. The predicted octanol–water partition coefficient (Wildman–Crippen LogP) is 3.63. The average molecular weight is 278 g/mol. The van der Waals surface area contributed by atoms with Crippen molar-refractivity contribution >= 4 is 11.8 Å². The minimum absolute atomic E-state index is 0.357. The van der Waals surface area contributed by atoms with Crippen molar-refractivity contribution in [3.63, 3.8) is 0 Å². The Morgan fingerprint density at radius 2 is 1.90 bits per heavy atom. The summed E-state index contributed by atoms with van der Waals surface area (Å²) >= 11 is 0. The molecule has 0 saturated carbocycles. The van der Waals surface area contributed by atoms with Gasteiger partial charge in [-0.05, 0) is 52.7 Å². The molecule has 1 rings (SSSR count). The number of aryl methyl sites for hydroxylation is 2. The number of hydrogen-bond donors (Lipinski definition) is 2. The normalized spacial score (nSPS) is 11.1. The largest absolute Gasteiger partial charge is 0.444 e. The molecule has 0 aromatic heterocycles. The van der Waals surface area contributed by atoms with Crippen LogP contribution in [-0.4, -0.2) is 24.8 Å². The Bertz CT molecular complexity index is 450. The van der Waals surface area contributed by atoms with Crippen molar-refractivity contribution in [3.05, 3.63) is 29.3 Å². The first kappa shape index (κ1) is 16.3. The fourth-order valence-corrected chi connectivity index (χ4v) is 1.83. The Labute approximate surface area is 121 Å². The SMILES string of the molecule is Cc1ccc(NCCCNC(=O)OC(C)(C)C)c(C)c1. The molecule has 0 fully saturated rings. The molecule has 0 saturated heterocycles. The highest BCUT2D eigenvalue weighted by atomic mass is 16.6. The van der Waals surface area contributed by atoms with Crippen molar-refractivity contribution in [1.29, 1.82) is 0 Å². The maximum Gasteiger partial charge on any atom is 0.407 e. The Hall–Kier alpha value is -1.71. The molecule has 0 aliphatic carbocycles. The van der Waals surface area contributed by atoms with Gasteiger partial charge < -0.3 is 15.4 Å². The smallest absolute Gasteiger partial charge is 0.407 e. The molecule has 0 aliphatic heterocycles. The third-order valence-electron chi connectivity index (χ3n) is 2.72. The molecule has 2 N–H and O–H groups in total. The molecular weight excluding hydrogens is 252 g/mol. The zero-order valence-corrected chi connectivity index (χ0v) is 13.2. The number of benzene rings is 1. The van der Waals surface area contributed by atoms with Gasteiger partial charge in [0.2, 0.25) is 0 Å². The van der Waals surface area contributed by atoms with Gasteiger partial charge in [-0.2, -0.15) is 0 Å². The number of rotatable bonds is 5. The van der Waals surface area contributed by atoms with Crippen LogP contribution in [0, 0.1) is 13.8 Å². The van der Waals surface area contributed by atoms with E-state index in [0.717, 1.165) is 18.7 Å². The number of nitrogens with one attached hydrogen (secondary N) is 2. The lowest BCUT2D eigenvalue weighted by Crippen LogP contribution is -2.33. The summed E-state index contributed by atoms with van der Waals surface area (Å²) in [6.45, 7) is 11.2. The van der Waals surface area contributed by atoms with Crippen LogP contribution >= 0.6 is 0 Å². The summed E-state index contributed by atoms with van der Waals surface area (Å²) in [5, 5.41) is 6.12. The highest BCUT2D eigenvalue weighted by Gasteiger charge is 2.15. The highest BCUT2D eigenvalue weighted by Crippen LogP contribution is 2.15. The average Bonchev–Trinajstić information content (AvgIpc) is 2.28. The second kappa shape index (κ2) is 7.17. The molecule has 0 bridgehead atoms. The molecule has 0 spiro atoms. The van der Waals surface area contributed by atoms with Gasteiger partial charge in [0, 0.05) is 18.8 Å².